The second-order valence-electron chi connectivity index (χ2n) is 6.87. The Kier molecular flexibility index (Phi) is 4.06. The molecule has 2 aliphatic rings. The summed E-state index contributed by atoms with van der Waals surface area (Å²) in [5.41, 5.74) is 1.87. The summed E-state index contributed by atoms with van der Waals surface area (Å²) >= 11 is 0. The zero-order valence-corrected chi connectivity index (χ0v) is 13.6. The number of aromatic nitrogens is 1. The number of hydrogen-bond acceptors (Lipinski definition) is 5. The van der Waals surface area contributed by atoms with Crippen LogP contribution in [0, 0.1) is 16.0 Å². The van der Waals surface area contributed by atoms with Crippen LogP contribution in [0.2, 0.25) is 0 Å². The van der Waals surface area contributed by atoms with Crippen molar-refractivity contribution < 1.29 is 4.92 Å². The molecule has 0 spiro atoms. The van der Waals surface area contributed by atoms with Crippen molar-refractivity contribution in [1.82, 2.24) is 10.3 Å². The zero-order valence-electron chi connectivity index (χ0n) is 13.6. The van der Waals surface area contributed by atoms with E-state index in [1.807, 2.05) is 6.07 Å². The van der Waals surface area contributed by atoms with Crippen LogP contribution in [0.25, 0.3) is 10.9 Å². The highest BCUT2D eigenvalue weighted by molar-refractivity contribution is 5.97. The van der Waals surface area contributed by atoms with E-state index in [0.717, 1.165) is 49.6 Å². The molecule has 2 heterocycles. The number of rotatable bonds is 5. The number of piperidine rings is 1. The second kappa shape index (κ2) is 6.36. The van der Waals surface area contributed by atoms with Gasteiger partial charge in [0.05, 0.1) is 16.0 Å². The lowest BCUT2D eigenvalue weighted by Crippen LogP contribution is -2.43. The lowest BCUT2D eigenvalue weighted by atomic mass is 10.0. The van der Waals surface area contributed by atoms with E-state index in [4.69, 9.17) is 0 Å². The highest BCUT2D eigenvalue weighted by atomic mass is 16.6. The number of anilines is 1. The average Bonchev–Trinajstić information content (AvgIpc) is 3.44. The molecule has 4 rings (SSSR count). The van der Waals surface area contributed by atoms with Gasteiger partial charge < -0.3 is 10.2 Å². The molecule has 1 aromatic heterocycles. The molecule has 1 aliphatic heterocycles. The number of hydrogen-bond donors (Lipinski definition) is 1. The van der Waals surface area contributed by atoms with Gasteiger partial charge >= 0.3 is 0 Å². The zero-order chi connectivity index (χ0) is 16.5. The maximum Gasteiger partial charge on any atom is 0.278 e. The third kappa shape index (κ3) is 3.06. The normalized spacial score (nSPS) is 18.9. The van der Waals surface area contributed by atoms with E-state index >= 15 is 0 Å². The Labute approximate surface area is 141 Å². The molecule has 126 valence electrons. The lowest BCUT2D eigenvalue weighted by molar-refractivity contribution is -0.383. The van der Waals surface area contributed by atoms with E-state index in [-0.39, 0.29) is 10.6 Å². The fourth-order valence-corrected chi connectivity index (χ4v) is 3.54. The fourth-order valence-electron chi connectivity index (χ4n) is 3.54. The Morgan fingerprint density at radius 3 is 2.71 bits per heavy atom. The minimum atomic E-state index is -0.332. The average molecular weight is 326 g/mol. The molecular formula is C18H22N4O2. The molecule has 1 N–H and O–H groups in total. The van der Waals surface area contributed by atoms with Crippen LogP contribution in [-0.4, -0.2) is 35.6 Å². The minimum absolute atomic E-state index is 0.128. The molecule has 6 nitrogen and oxygen atoms in total. The SMILES string of the molecule is O=[N+]([O-])c1ccc(N2CCC(NCC3CC3)CC2)c2ncccc12. The molecule has 1 saturated heterocycles. The van der Waals surface area contributed by atoms with Crippen molar-refractivity contribution in [2.75, 3.05) is 24.5 Å². The molecule has 1 aromatic carbocycles. The summed E-state index contributed by atoms with van der Waals surface area (Å²) < 4.78 is 0. The molecule has 0 bridgehead atoms. The Morgan fingerprint density at radius 2 is 2.00 bits per heavy atom. The number of nitrogens with zero attached hydrogens (tertiary/aromatic N) is 3. The number of benzene rings is 1. The molecule has 24 heavy (non-hydrogen) atoms. The van der Waals surface area contributed by atoms with Crippen molar-refractivity contribution in [3.63, 3.8) is 0 Å². The van der Waals surface area contributed by atoms with Gasteiger partial charge in [0.25, 0.3) is 5.69 Å². The van der Waals surface area contributed by atoms with Gasteiger partial charge in [-0.1, -0.05) is 0 Å². The molecule has 1 aliphatic carbocycles. The van der Waals surface area contributed by atoms with Crippen LogP contribution >= 0.6 is 0 Å². The van der Waals surface area contributed by atoms with Crippen molar-refractivity contribution in [2.24, 2.45) is 5.92 Å². The monoisotopic (exact) mass is 326 g/mol. The van der Waals surface area contributed by atoms with E-state index in [9.17, 15) is 10.1 Å². The summed E-state index contributed by atoms with van der Waals surface area (Å²) in [7, 11) is 0. The smallest absolute Gasteiger partial charge is 0.278 e. The fraction of sp³-hybridized carbons (Fsp3) is 0.500. The lowest BCUT2D eigenvalue weighted by Gasteiger charge is -2.34. The summed E-state index contributed by atoms with van der Waals surface area (Å²) in [6, 6.07) is 7.60. The third-order valence-corrected chi connectivity index (χ3v) is 5.15. The molecule has 0 radical (unpaired) electrons. The van der Waals surface area contributed by atoms with Crippen LogP contribution < -0.4 is 10.2 Å². The first-order chi connectivity index (χ1) is 11.7. The van der Waals surface area contributed by atoms with E-state index in [0.29, 0.717) is 11.4 Å². The predicted molar refractivity (Wildman–Crippen MR) is 94.4 cm³/mol. The summed E-state index contributed by atoms with van der Waals surface area (Å²) in [4.78, 5) is 17.6. The highest BCUT2D eigenvalue weighted by Gasteiger charge is 2.26. The van der Waals surface area contributed by atoms with Gasteiger partial charge in [-0.25, -0.2) is 0 Å². The first-order valence-corrected chi connectivity index (χ1v) is 8.73. The van der Waals surface area contributed by atoms with Crippen LogP contribution in [-0.2, 0) is 0 Å². The van der Waals surface area contributed by atoms with Crippen LogP contribution in [0.4, 0.5) is 11.4 Å². The molecule has 2 aromatic rings. The van der Waals surface area contributed by atoms with Crippen LogP contribution in [0.1, 0.15) is 25.7 Å². The number of nitro benzene ring substituents is 1. The van der Waals surface area contributed by atoms with Gasteiger partial charge in [0.15, 0.2) is 0 Å². The maximum atomic E-state index is 11.2. The van der Waals surface area contributed by atoms with Gasteiger partial charge in [-0.3, -0.25) is 15.1 Å². The van der Waals surface area contributed by atoms with Gasteiger partial charge in [0.2, 0.25) is 0 Å². The molecule has 1 saturated carbocycles. The van der Waals surface area contributed by atoms with E-state index in [1.165, 1.54) is 12.8 Å². The maximum absolute atomic E-state index is 11.2. The Balaban J connectivity index is 1.52. The molecule has 0 atom stereocenters. The molecule has 0 unspecified atom stereocenters. The Bertz CT molecular complexity index is 752. The Hall–Kier alpha value is -2.21. The van der Waals surface area contributed by atoms with Crippen LogP contribution in [0.3, 0.4) is 0 Å². The molecule has 0 amide bonds. The van der Waals surface area contributed by atoms with Gasteiger partial charge in [-0.2, -0.15) is 0 Å². The first kappa shape index (κ1) is 15.3. The topological polar surface area (TPSA) is 71.3 Å². The second-order valence-corrected chi connectivity index (χ2v) is 6.87. The van der Waals surface area contributed by atoms with E-state index < -0.39 is 0 Å². The minimum Gasteiger partial charge on any atom is -0.370 e. The number of nitrogens with one attached hydrogen (secondary N) is 1. The number of fused-ring (bicyclic) bond motifs is 1. The molecular weight excluding hydrogens is 304 g/mol. The summed E-state index contributed by atoms with van der Waals surface area (Å²) in [5.74, 6) is 0.908. The quantitative estimate of drug-likeness (QED) is 0.675. The largest absolute Gasteiger partial charge is 0.370 e. The first-order valence-electron chi connectivity index (χ1n) is 8.73. The van der Waals surface area contributed by atoms with E-state index in [2.05, 4.69) is 15.2 Å². The standard InChI is InChI=1S/C18H22N4O2/c23-22(24)16-5-6-17(18-15(16)2-1-9-19-18)21-10-7-14(8-11-21)20-12-13-3-4-13/h1-2,5-6,9,13-14,20H,3-4,7-8,10-12H2. The van der Waals surface area contributed by atoms with Crippen molar-refractivity contribution in [3.05, 3.63) is 40.6 Å². The third-order valence-electron chi connectivity index (χ3n) is 5.15. The van der Waals surface area contributed by atoms with Crippen molar-refractivity contribution in [3.8, 4) is 0 Å². The van der Waals surface area contributed by atoms with Gasteiger partial charge in [0, 0.05) is 31.4 Å². The summed E-state index contributed by atoms with van der Waals surface area (Å²) in [6.07, 6.45) is 6.69. The van der Waals surface area contributed by atoms with Gasteiger partial charge in [0.1, 0.15) is 5.52 Å². The predicted octanol–water partition coefficient (Wildman–Crippen LogP) is 3.11. The number of pyridine rings is 1. The molecule has 2 fully saturated rings. The highest BCUT2D eigenvalue weighted by Crippen LogP contribution is 2.33. The van der Waals surface area contributed by atoms with Gasteiger partial charge in [-0.05, 0) is 56.3 Å². The summed E-state index contributed by atoms with van der Waals surface area (Å²) in [5, 5.41) is 15.5. The molecule has 6 heteroatoms. The van der Waals surface area contributed by atoms with Crippen molar-refractivity contribution >= 4 is 22.3 Å². The van der Waals surface area contributed by atoms with E-state index in [1.54, 1.807) is 24.4 Å². The van der Waals surface area contributed by atoms with Crippen LogP contribution in [0.15, 0.2) is 30.5 Å². The Morgan fingerprint density at radius 1 is 1.21 bits per heavy atom. The van der Waals surface area contributed by atoms with Crippen LogP contribution in [0.5, 0.6) is 0 Å². The van der Waals surface area contributed by atoms with Crippen molar-refractivity contribution in [2.45, 2.75) is 31.7 Å². The van der Waals surface area contributed by atoms with Gasteiger partial charge in [-0.15, -0.1) is 0 Å². The summed E-state index contributed by atoms with van der Waals surface area (Å²) in [6.45, 7) is 3.09. The number of non-ortho nitro benzene ring substituents is 1. The number of nitro groups is 1. The van der Waals surface area contributed by atoms with Crippen molar-refractivity contribution in [1.29, 1.82) is 0 Å².